The van der Waals surface area contributed by atoms with Gasteiger partial charge < -0.3 is 14.2 Å². The lowest BCUT2D eigenvalue weighted by atomic mass is 10.1. The third-order valence-corrected chi connectivity index (χ3v) is 3.34. The number of ether oxygens (including phenoxy) is 3. The molecule has 0 rings (SSSR count). The fourth-order valence-electron chi connectivity index (χ4n) is 2.11. The number of unbranched alkanes of at least 4 members (excludes halogenated alkanes) is 3. The van der Waals surface area contributed by atoms with Gasteiger partial charge in [0, 0.05) is 25.9 Å². The molecule has 0 aromatic heterocycles. The van der Waals surface area contributed by atoms with Crippen LogP contribution in [0.5, 0.6) is 0 Å². The summed E-state index contributed by atoms with van der Waals surface area (Å²) in [6.45, 7) is 5.09. The molecule has 0 aromatic carbocycles. The van der Waals surface area contributed by atoms with Gasteiger partial charge in [-0.05, 0) is 32.1 Å². The van der Waals surface area contributed by atoms with Crippen molar-refractivity contribution >= 4 is 11.9 Å². The molecule has 0 fully saturated rings. The molecule has 0 heterocycles. The number of methoxy groups -OCH3 is 1. The van der Waals surface area contributed by atoms with Gasteiger partial charge in [0.25, 0.3) is 0 Å². The average molecular weight is 328 g/mol. The van der Waals surface area contributed by atoms with E-state index in [2.05, 4.69) is 6.92 Å². The first-order valence-corrected chi connectivity index (χ1v) is 8.68. The van der Waals surface area contributed by atoms with Crippen molar-refractivity contribution in [2.45, 2.75) is 71.3 Å². The molecular weight excluding hydrogens is 296 g/mol. The largest absolute Gasteiger partial charge is 0.463 e. The summed E-state index contributed by atoms with van der Waals surface area (Å²) in [5.74, 6) is -1.00. The molecule has 134 valence electrons. The van der Waals surface area contributed by atoms with E-state index >= 15 is 0 Å². The standard InChI is InChI=1S/C18H32O5/c1-4-6-7-8-10-16(11-9-15-21-3)23-18(20)13-12-17(19)22-14-5-2/h12-13,16H,4-11,14-15H2,1-3H3/b13-12+. The Hall–Kier alpha value is -1.36. The van der Waals surface area contributed by atoms with Crippen molar-refractivity contribution in [1.29, 1.82) is 0 Å². The van der Waals surface area contributed by atoms with Gasteiger partial charge in [-0.2, -0.15) is 0 Å². The highest BCUT2D eigenvalue weighted by molar-refractivity contribution is 5.91. The Morgan fingerprint density at radius 1 is 0.870 bits per heavy atom. The molecule has 1 atom stereocenters. The van der Waals surface area contributed by atoms with Gasteiger partial charge in [0.1, 0.15) is 6.10 Å². The smallest absolute Gasteiger partial charge is 0.331 e. The highest BCUT2D eigenvalue weighted by Crippen LogP contribution is 2.13. The van der Waals surface area contributed by atoms with Crippen molar-refractivity contribution in [3.8, 4) is 0 Å². The van der Waals surface area contributed by atoms with Crippen molar-refractivity contribution in [1.82, 2.24) is 0 Å². The molecule has 0 radical (unpaired) electrons. The lowest BCUT2D eigenvalue weighted by Gasteiger charge is -2.16. The predicted octanol–water partition coefficient (Wildman–Crippen LogP) is 3.80. The second-order valence-corrected chi connectivity index (χ2v) is 5.54. The summed E-state index contributed by atoms with van der Waals surface area (Å²) in [7, 11) is 1.66. The SMILES string of the molecule is CCCCCCC(CCCOC)OC(=O)/C=C/C(=O)OCCC. The maximum absolute atomic E-state index is 11.8. The van der Waals surface area contributed by atoms with Crippen molar-refractivity contribution in [2.24, 2.45) is 0 Å². The normalized spacial score (nSPS) is 12.3. The van der Waals surface area contributed by atoms with Gasteiger partial charge in [-0.1, -0.05) is 33.1 Å². The van der Waals surface area contributed by atoms with E-state index in [9.17, 15) is 9.59 Å². The van der Waals surface area contributed by atoms with E-state index < -0.39 is 11.9 Å². The second kappa shape index (κ2) is 15.5. The lowest BCUT2D eigenvalue weighted by molar-refractivity contribution is -0.145. The van der Waals surface area contributed by atoms with Crippen LogP contribution in [0.1, 0.15) is 65.2 Å². The molecule has 5 nitrogen and oxygen atoms in total. The summed E-state index contributed by atoms with van der Waals surface area (Å²) in [5, 5.41) is 0. The van der Waals surface area contributed by atoms with Gasteiger partial charge in [0.05, 0.1) is 6.61 Å². The number of hydrogen-bond acceptors (Lipinski definition) is 5. The van der Waals surface area contributed by atoms with E-state index in [-0.39, 0.29) is 6.10 Å². The number of carbonyl (C=O) groups excluding carboxylic acids is 2. The van der Waals surface area contributed by atoms with E-state index in [1.165, 1.54) is 12.8 Å². The Labute approximate surface area is 140 Å². The average Bonchev–Trinajstić information content (AvgIpc) is 2.54. The topological polar surface area (TPSA) is 61.8 Å². The molecule has 0 bridgehead atoms. The van der Waals surface area contributed by atoms with E-state index in [0.29, 0.717) is 13.2 Å². The molecule has 0 aliphatic rings. The first-order chi connectivity index (χ1) is 11.1. The zero-order valence-corrected chi connectivity index (χ0v) is 14.8. The van der Waals surface area contributed by atoms with Crippen LogP contribution in [0.15, 0.2) is 12.2 Å². The fraction of sp³-hybridized carbons (Fsp3) is 0.778. The Morgan fingerprint density at radius 2 is 1.57 bits per heavy atom. The van der Waals surface area contributed by atoms with Crippen LogP contribution in [0.4, 0.5) is 0 Å². The first-order valence-electron chi connectivity index (χ1n) is 8.68. The molecule has 1 unspecified atom stereocenters. The highest BCUT2D eigenvalue weighted by atomic mass is 16.5. The highest BCUT2D eigenvalue weighted by Gasteiger charge is 2.13. The summed E-state index contributed by atoms with van der Waals surface area (Å²) >= 11 is 0. The van der Waals surface area contributed by atoms with Crippen LogP contribution in [-0.4, -0.2) is 38.4 Å². The van der Waals surface area contributed by atoms with Crippen LogP contribution in [0, 0.1) is 0 Å². The number of hydrogen-bond donors (Lipinski definition) is 0. The maximum Gasteiger partial charge on any atom is 0.331 e. The van der Waals surface area contributed by atoms with E-state index in [4.69, 9.17) is 14.2 Å². The van der Waals surface area contributed by atoms with Gasteiger partial charge in [0.15, 0.2) is 0 Å². The third kappa shape index (κ3) is 14.0. The van der Waals surface area contributed by atoms with Crippen LogP contribution in [0.3, 0.4) is 0 Å². The number of carbonyl (C=O) groups is 2. The summed E-state index contributed by atoms with van der Waals surface area (Å²) < 4.78 is 15.4. The molecule has 5 heteroatoms. The van der Waals surface area contributed by atoms with E-state index in [1.807, 2.05) is 6.92 Å². The lowest BCUT2D eigenvalue weighted by Crippen LogP contribution is -2.18. The number of esters is 2. The van der Waals surface area contributed by atoms with E-state index in [1.54, 1.807) is 7.11 Å². The number of rotatable bonds is 14. The first kappa shape index (κ1) is 21.6. The molecule has 0 amide bonds. The minimum Gasteiger partial charge on any atom is -0.463 e. The van der Waals surface area contributed by atoms with E-state index in [0.717, 1.165) is 50.7 Å². The molecule has 0 aromatic rings. The Bertz CT molecular complexity index is 338. The second-order valence-electron chi connectivity index (χ2n) is 5.54. The van der Waals surface area contributed by atoms with Crippen molar-refractivity contribution < 1.29 is 23.8 Å². The van der Waals surface area contributed by atoms with Crippen molar-refractivity contribution in [3.63, 3.8) is 0 Å². The summed E-state index contributed by atoms with van der Waals surface area (Å²) in [4.78, 5) is 23.1. The van der Waals surface area contributed by atoms with Crippen molar-refractivity contribution in [2.75, 3.05) is 20.3 Å². The molecule has 0 N–H and O–H groups in total. The van der Waals surface area contributed by atoms with Gasteiger partial charge in [-0.15, -0.1) is 0 Å². The summed E-state index contributed by atoms with van der Waals surface area (Å²) in [6.07, 6.45) is 9.95. The summed E-state index contributed by atoms with van der Waals surface area (Å²) in [6, 6.07) is 0. The van der Waals surface area contributed by atoms with Crippen molar-refractivity contribution in [3.05, 3.63) is 12.2 Å². The van der Waals surface area contributed by atoms with Crippen LogP contribution in [0.2, 0.25) is 0 Å². The third-order valence-electron chi connectivity index (χ3n) is 3.34. The molecule has 0 saturated heterocycles. The predicted molar refractivity (Wildman–Crippen MR) is 90.1 cm³/mol. The summed E-state index contributed by atoms with van der Waals surface area (Å²) in [5.41, 5.74) is 0. The molecule has 0 aliphatic carbocycles. The van der Waals surface area contributed by atoms with Crippen LogP contribution in [0.25, 0.3) is 0 Å². The van der Waals surface area contributed by atoms with Gasteiger partial charge in [0.2, 0.25) is 0 Å². The minimum atomic E-state index is -0.511. The van der Waals surface area contributed by atoms with Gasteiger partial charge in [-0.3, -0.25) is 0 Å². The molecule has 0 spiro atoms. The zero-order chi connectivity index (χ0) is 17.3. The minimum absolute atomic E-state index is 0.120. The van der Waals surface area contributed by atoms with Crippen LogP contribution >= 0.6 is 0 Å². The maximum atomic E-state index is 11.8. The Morgan fingerprint density at radius 3 is 2.22 bits per heavy atom. The Balaban J connectivity index is 4.22. The monoisotopic (exact) mass is 328 g/mol. The Kier molecular flexibility index (Phi) is 14.6. The quantitative estimate of drug-likeness (QED) is 0.276. The van der Waals surface area contributed by atoms with Crippen LogP contribution in [-0.2, 0) is 23.8 Å². The molecular formula is C18H32O5. The molecule has 0 aliphatic heterocycles. The van der Waals surface area contributed by atoms with Crippen LogP contribution < -0.4 is 0 Å². The zero-order valence-electron chi connectivity index (χ0n) is 14.8. The molecule has 0 saturated carbocycles. The molecule has 23 heavy (non-hydrogen) atoms. The van der Waals surface area contributed by atoms with Gasteiger partial charge >= 0.3 is 11.9 Å². The van der Waals surface area contributed by atoms with Gasteiger partial charge in [-0.25, -0.2) is 9.59 Å². The fourth-order valence-corrected chi connectivity index (χ4v) is 2.11.